The van der Waals surface area contributed by atoms with Gasteiger partial charge in [0.2, 0.25) is 0 Å². The zero-order valence-electron chi connectivity index (χ0n) is 13.2. The van der Waals surface area contributed by atoms with Gasteiger partial charge >= 0.3 is 0 Å². The highest BCUT2D eigenvalue weighted by atomic mass is 127. The van der Waals surface area contributed by atoms with Gasteiger partial charge in [-0.25, -0.2) is 0 Å². The van der Waals surface area contributed by atoms with Gasteiger partial charge < -0.3 is 15.7 Å². The molecule has 2 rings (SSSR count). The highest BCUT2D eigenvalue weighted by Gasteiger charge is 2.24. The summed E-state index contributed by atoms with van der Waals surface area (Å²) in [6.45, 7) is 3.24. The van der Waals surface area contributed by atoms with Crippen LogP contribution in [-0.4, -0.2) is 42.7 Å². The number of thiophene rings is 1. The minimum Gasteiger partial charge on any atom is -0.383 e. The van der Waals surface area contributed by atoms with Crippen LogP contribution in [0, 0.1) is 5.92 Å². The standard InChI is InChI=1S/C15H25N3OS2.HI/c1-15(19,13-4-3-7-21-13)11-18-14(16-2)17-10-12-5-8-20-9-6-12;/h3-4,7,12,19H,5-6,8-11H2,1-2H3,(H2,16,17,18);1H. The smallest absolute Gasteiger partial charge is 0.191 e. The van der Waals surface area contributed by atoms with Crippen LogP contribution in [0.15, 0.2) is 22.5 Å². The van der Waals surface area contributed by atoms with Crippen LogP contribution in [0.2, 0.25) is 0 Å². The summed E-state index contributed by atoms with van der Waals surface area (Å²) in [4.78, 5) is 5.21. The number of hydrogen-bond donors (Lipinski definition) is 3. The molecule has 4 nitrogen and oxygen atoms in total. The van der Waals surface area contributed by atoms with Crippen LogP contribution in [-0.2, 0) is 5.60 Å². The van der Waals surface area contributed by atoms with Crippen LogP contribution in [0.4, 0.5) is 0 Å². The molecule has 0 aromatic carbocycles. The first-order valence-electron chi connectivity index (χ1n) is 7.40. The molecule has 0 bridgehead atoms. The Kier molecular flexibility index (Phi) is 9.11. The average molecular weight is 455 g/mol. The topological polar surface area (TPSA) is 56.7 Å². The molecule has 0 amide bonds. The molecule has 0 radical (unpaired) electrons. The van der Waals surface area contributed by atoms with E-state index in [4.69, 9.17) is 0 Å². The van der Waals surface area contributed by atoms with E-state index in [0.717, 1.165) is 23.3 Å². The van der Waals surface area contributed by atoms with E-state index in [-0.39, 0.29) is 24.0 Å². The van der Waals surface area contributed by atoms with Crippen LogP contribution in [0.25, 0.3) is 0 Å². The van der Waals surface area contributed by atoms with Gasteiger partial charge in [0.1, 0.15) is 5.60 Å². The number of halogens is 1. The van der Waals surface area contributed by atoms with Crippen molar-refractivity contribution in [2.45, 2.75) is 25.4 Å². The predicted molar refractivity (Wildman–Crippen MR) is 109 cm³/mol. The van der Waals surface area contributed by atoms with Crippen molar-refractivity contribution in [3.63, 3.8) is 0 Å². The van der Waals surface area contributed by atoms with E-state index in [1.54, 1.807) is 18.4 Å². The summed E-state index contributed by atoms with van der Waals surface area (Å²) in [7, 11) is 1.77. The third-order valence-corrected chi connectivity index (χ3v) is 5.95. The van der Waals surface area contributed by atoms with Crippen molar-refractivity contribution >= 4 is 53.0 Å². The molecule has 1 aromatic heterocycles. The number of guanidine groups is 1. The Balaban J connectivity index is 0.00000242. The van der Waals surface area contributed by atoms with Crippen molar-refractivity contribution in [3.05, 3.63) is 22.4 Å². The molecule has 1 saturated heterocycles. The first kappa shape index (κ1) is 20.1. The molecule has 1 unspecified atom stereocenters. The molecule has 1 aliphatic rings. The number of nitrogens with zero attached hydrogens (tertiary/aromatic N) is 1. The second-order valence-corrected chi connectivity index (χ2v) is 7.79. The summed E-state index contributed by atoms with van der Waals surface area (Å²) in [5.41, 5.74) is -0.868. The molecule has 1 fully saturated rings. The summed E-state index contributed by atoms with van der Waals surface area (Å²) in [6, 6.07) is 3.92. The average Bonchev–Trinajstić information content (AvgIpc) is 3.03. The van der Waals surface area contributed by atoms with Gasteiger partial charge in [-0.2, -0.15) is 11.8 Å². The Labute approximate surface area is 158 Å². The monoisotopic (exact) mass is 455 g/mol. The van der Waals surface area contributed by atoms with E-state index in [9.17, 15) is 5.11 Å². The van der Waals surface area contributed by atoms with E-state index >= 15 is 0 Å². The second-order valence-electron chi connectivity index (χ2n) is 5.61. The summed E-state index contributed by atoms with van der Waals surface area (Å²) in [5.74, 6) is 4.05. The fraction of sp³-hybridized carbons (Fsp3) is 0.667. The number of aliphatic hydroxyl groups is 1. The summed E-state index contributed by atoms with van der Waals surface area (Å²) < 4.78 is 0. The molecule has 1 aliphatic heterocycles. The van der Waals surface area contributed by atoms with Crippen molar-refractivity contribution in [1.82, 2.24) is 10.6 Å². The van der Waals surface area contributed by atoms with Gasteiger partial charge in [-0.15, -0.1) is 35.3 Å². The molecule has 1 atom stereocenters. The van der Waals surface area contributed by atoms with E-state index in [0.29, 0.717) is 6.54 Å². The summed E-state index contributed by atoms with van der Waals surface area (Å²) in [5, 5.41) is 19.1. The molecule has 2 heterocycles. The Bertz CT molecular complexity index is 446. The maximum atomic E-state index is 10.5. The van der Waals surface area contributed by atoms with Gasteiger partial charge in [0.15, 0.2) is 5.96 Å². The Morgan fingerprint density at radius 1 is 1.41 bits per heavy atom. The number of hydrogen-bond acceptors (Lipinski definition) is 4. The molecular formula is C15H26IN3OS2. The minimum atomic E-state index is -0.868. The zero-order chi connectivity index (χ0) is 15.1. The maximum Gasteiger partial charge on any atom is 0.191 e. The lowest BCUT2D eigenvalue weighted by molar-refractivity contribution is 0.0655. The number of rotatable bonds is 5. The highest BCUT2D eigenvalue weighted by Crippen LogP contribution is 2.24. The zero-order valence-corrected chi connectivity index (χ0v) is 17.1. The summed E-state index contributed by atoms with van der Waals surface area (Å²) >= 11 is 3.62. The van der Waals surface area contributed by atoms with Gasteiger partial charge in [0.25, 0.3) is 0 Å². The van der Waals surface area contributed by atoms with E-state index < -0.39 is 5.60 Å². The van der Waals surface area contributed by atoms with E-state index in [2.05, 4.69) is 15.6 Å². The Morgan fingerprint density at radius 2 is 2.14 bits per heavy atom. The molecular weight excluding hydrogens is 429 g/mol. The van der Waals surface area contributed by atoms with Gasteiger partial charge in [0.05, 0.1) is 6.54 Å². The van der Waals surface area contributed by atoms with Crippen molar-refractivity contribution in [1.29, 1.82) is 0 Å². The fourth-order valence-corrected chi connectivity index (χ4v) is 4.33. The number of nitrogens with one attached hydrogen (secondary N) is 2. The molecule has 126 valence electrons. The van der Waals surface area contributed by atoms with E-state index in [1.165, 1.54) is 24.3 Å². The van der Waals surface area contributed by atoms with Crippen LogP contribution in [0.5, 0.6) is 0 Å². The van der Waals surface area contributed by atoms with E-state index in [1.807, 2.05) is 36.2 Å². The van der Waals surface area contributed by atoms with Crippen molar-refractivity contribution < 1.29 is 5.11 Å². The fourth-order valence-electron chi connectivity index (χ4n) is 2.34. The normalized spacial score (nSPS) is 19.1. The third kappa shape index (κ3) is 6.25. The van der Waals surface area contributed by atoms with Crippen molar-refractivity contribution in [2.24, 2.45) is 10.9 Å². The third-order valence-electron chi connectivity index (χ3n) is 3.77. The SMILES string of the molecule is CN=C(NCC1CCSCC1)NCC(C)(O)c1cccs1.I. The molecule has 22 heavy (non-hydrogen) atoms. The van der Waals surface area contributed by atoms with Crippen molar-refractivity contribution in [3.8, 4) is 0 Å². The molecule has 7 heteroatoms. The van der Waals surface area contributed by atoms with Gasteiger partial charge in [-0.3, -0.25) is 4.99 Å². The molecule has 1 aromatic rings. The molecule has 0 aliphatic carbocycles. The first-order valence-corrected chi connectivity index (χ1v) is 9.44. The van der Waals surface area contributed by atoms with Crippen LogP contribution in [0.3, 0.4) is 0 Å². The van der Waals surface area contributed by atoms with Crippen molar-refractivity contribution in [2.75, 3.05) is 31.6 Å². The lowest BCUT2D eigenvalue weighted by Crippen LogP contribution is -2.45. The predicted octanol–water partition coefficient (Wildman–Crippen LogP) is 2.88. The maximum absolute atomic E-state index is 10.5. The second kappa shape index (κ2) is 10.00. The highest BCUT2D eigenvalue weighted by molar-refractivity contribution is 14.0. The summed E-state index contributed by atoms with van der Waals surface area (Å²) in [6.07, 6.45) is 2.56. The largest absolute Gasteiger partial charge is 0.383 e. The molecule has 3 N–H and O–H groups in total. The van der Waals surface area contributed by atoms with Crippen LogP contribution in [0.1, 0.15) is 24.6 Å². The van der Waals surface area contributed by atoms with Gasteiger partial charge in [-0.05, 0) is 48.6 Å². The van der Waals surface area contributed by atoms with Gasteiger partial charge in [-0.1, -0.05) is 6.07 Å². The van der Waals surface area contributed by atoms with Crippen LogP contribution >= 0.6 is 47.1 Å². The first-order chi connectivity index (χ1) is 10.1. The Hall–Kier alpha value is 0.01000. The lowest BCUT2D eigenvalue weighted by Gasteiger charge is -2.25. The number of aliphatic imine (C=N–C) groups is 1. The van der Waals surface area contributed by atoms with Crippen LogP contribution < -0.4 is 10.6 Å². The number of thioether (sulfide) groups is 1. The quantitative estimate of drug-likeness (QED) is 0.363. The Morgan fingerprint density at radius 3 is 2.73 bits per heavy atom. The van der Waals surface area contributed by atoms with Gasteiger partial charge in [0, 0.05) is 18.5 Å². The molecule has 0 saturated carbocycles. The molecule has 0 spiro atoms. The lowest BCUT2D eigenvalue weighted by atomic mass is 10.0. The minimum absolute atomic E-state index is 0.